The van der Waals surface area contributed by atoms with Crippen molar-refractivity contribution in [1.82, 2.24) is 10.2 Å². The highest BCUT2D eigenvalue weighted by atomic mass is 35.5. The molecule has 0 heterocycles. The monoisotopic (exact) mass is 627 g/mol. The first kappa shape index (κ1) is 32.2. The van der Waals surface area contributed by atoms with Crippen LogP contribution in [-0.2, 0) is 26.2 Å². The van der Waals surface area contributed by atoms with E-state index in [4.69, 9.17) is 21.1 Å². The van der Waals surface area contributed by atoms with Crippen molar-refractivity contribution in [2.24, 2.45) is 0 Å². The molecule has 0 radical (unpaired) electrons. The minimum Gasteiger partial charge on any atom is -0.493 e. The summed E-state index contributed by atoms with van der Waals surface area (Å²) < 4.78 is 40.0. The number of carbonyl (C=O) groups is 2. The number of carbonyl (C=O) groups excluding carboxylic acids is 2. The maximum absolute atomic E-state index is 14.1. The lowest BCUT2D eigenvalue weighted by Gasteiger charge is -2.32. The SMILES string of the molecule is COc1ccc(S(=O)(=O)N(CC(=O)N(Cc2ccccc2Cl)[C@H](C)C(=O)NC2CCCC2)c2ccc(C)cc2)cc1OC. The van der Waals surface area contributed by atoms with Gasteiger partial charge in [-0.15, -0.1) is 0 Å². The Balaban J connectivity index is 1.72. The van der Waals surface area contributed by atoms with Crippen LogP contribution in [0.5, 0.6) is 11.5 Å². The molecule has 2 amide bonds. The number of sulfonamides is 1. The Bertz CT molecular complexity index is 1540. The average Bonchev–Trinajstić information content (AvgIpc) is 3.52. The highest BCUT2D eigenvalue weighted by Crippen LogP contribution is 2.32. The number of nitrogens with zero attached hydrogens (tertiary/aromatic N) is 2. The Morgan fingerprint density at radius 2 is 1.63 bits per heavy atom. The Morgan fingerprint density at radius 1 is 0.977 bits per heavy atom. The third-order valence-electron chi connectivity index (χ3n) is 7.71. The topological polar surface area (TPSA) is 105 Å². The van der Waals surface area contributed by atoms with Crippen molar-refractivity contribution in [3.8, 4) is 11.5 Å². The minimum atomic E-state index is -4.28. The first-order valence-corrected chi connectivity index (χ1v) is 16.0. The zero-order chi connectivity index (χ0) is 31.1. The normalized spacial score (nSPS) is 14.2. The van der Waals surface area contributed by atoms with Crippen LogP contribution in [0.3, 0.4) is 0 Å². The Morgan fingerprint density at radius 3 is 2.26 bits per heavy atom. The molecule has 0 aliphatic heterocycles. The molecule has 9 nitrogen and oxygen atoms in total. The molecule has 1 saturated carbocycles. The number of anilines is 1. The van der Waals surface area contributed by atoms with Gasteiger partial charge in [0.15, 0.2) is 11.5 Å². The third-order valence-corrected chi connectivity index (χ3v) is 9.85. The lowest BCUT2D eigenvalue weighted by atomic mass is 10.1. The smallest absolute Gasteiger partial charge is 0.264 e. The molecule has 0 aromatic heterocycles. The maximum atomic E-state index is 14.1. The Hall–Kier alpha value is -3.76. The third kappa shape index (κ3) is 7.61. The highest BCUT2D eigenvalue weighted by molar-refractivity contribution is 7.92. The molecular formula is C32H38ClN3O6S. The fourth-order valence-electron chi connectivity index (χ4n) is 5.13. The van der Waals surface area contributed by atoms with Gasteiger partial charge in [-0.25, -0.2) is 8.42 Å². The number of hydrogen-bond donors (Lipinski definition) is 1. The summed E-state index contributed by atoms with van der Waals surface area (Å²) in [5.74, 6) is -0.251. The van der Waals surface area contributed by atoms with E-state index in [-0.39, 0.29) is 29.1 Å². The fourth-order valence-corrected chi connectivity index (χ4v) is 6.75. The molecule has 1 fully saturated rings. The van der Waals surface area contributed by atoms with E-state index >= 15 is 0 Å². The average molecular weight is 628 g/mol. The number of amides is 2. The lowest BCUT2D eigenvalue weighted by Crippen LogP contribution is -2.52. The van der Waals surface area contributed by atoms with Crippen LogP contribution in [0.1, 0.15) is 43.7 Å². The first-order valence-electron chi connectivity index (χ1n) is 14.2. The second-order valence-corrected chi connectivity index (χ2v) is 12.9. The predicted molar refractivity (Wildman–Crippen MR) is 167 cm³/mol. The molecular weight excluding hydrogens is 590 g/mol. The number of hydrogen-bond acceptors (Lipinski definition) is 6. The van der Waals surface area contributed by atoms with Crippen LogP contribution in [0.2, 0.25) is 5.02 Å². The largest absolute Gasteiger partial charge is 0.493 e. The molecule has 1 atom stereocenters. The number of nitrogens with one attached hydrogen (secondary N) is 1. The summed E-state index contributed by atoms with van der Waals surface area (Å²) in [5.41, 5.74) is 1.87. The van der Waals surface area contributed by atoms with E-state index < -0.39 is 28.5 Å². The van der Waals surface area contributed by atoms with Gasteiger partial charge in [0.05, 0.1) is 24.8 Å². The zero-order valence-electron chi connectivity index (χ0n) is 24.9. The Kier molecular flexibility index (Phi) is 10.6. The number of aryl methyl sites for hydroxylation is 1. The van der Waals surface area contributed by atoms with Gasteiger partial charge in [-0.2, -0.15) is 0 Å². The van der Waals surface area contributed by atoms with Crippen LogP contribution < -0.4 is 19.1 Å². The molecule has 3 aromatic rings. The van der Waals surface area contributed by atoms with Crippen molar-refractivity contribution in [2.75, 3.05) is 25.1 Å². The van der Waals surface area contributed by atoms with Gasteiger partial charge in [0.25, 0.3) is 10.0 Å². The fraction of sp³-hybridized carbons (Fsp3) is 0.375. The lowest BCUT2D eigenvalue weighted by molar-refractivity contribution is -0.139. The van der Waals surface area contributed by atoms with E-state index in [1.165, 1.54) is 37.3 Å². The molecule has 0 unspecified atom stereocenters. The number of benzene rings is 3. The molecule has 1 aliphatic carbocycles. The van der Waals surface area contributed by atoms with Crippen molar-refractivity contribution in [3.63, 3.8) is 0 Å². The minimum absolute atomic E-state index is 0.0237. The van der Waals surface area contributed by atoms with Gasteiger partial charge in [0.1, 0.15) is 12.6 Å². The molecule has 0 bridgehead atoms. The van der Waals surface area contributed by atoms with E-state index in [1.807, 2.05) is 6.92 Å². The molecule has 3 aromatic carbocycles. The molecule has 230 valence electrons. The highest BCUT2D eigenvalue weighted by Gasteiger charge is 2.34. The summed E-state index contributed by atoms with van der Waals surface area (Å²) in [7, 11) is -1.40. The van der Waals surface area contributed by atoms with Crippen molar-refractivity contribution >= 4 is 39.1 Å². The molecule has 11 heteroatoms. The van der Waals surface area contributed by atoms with E-state index in [0.29, 0.717) is 22.0 Å². The summed E-state index contributed by atoms with van der Waals surface area (Å²) in [6.07, 6.45) is 3.87. The van der Waals surface area contributed by atoms with Crippen LogP contribution in [0.4, 0.5) is 5.69 Å². The van der Waals surface area contributed by atoms with Gasteiger partial charge in [-0.05, 0) is 62.6 Å². The van der Waals surface area contributed by atoms with Gasteiger partial charge in [-0.3, -0.25) is 13.9 Å². The van der Waals surface area contributed by atoms with E-state index in [2.05, 4.69) is 5.32 Å². The molecule has 1 N–H and O–H groups in total. The van der Waals surface area contributed by atoms with Crippen LogP contribution in [0.25, 0.3) is 0 Å². The summed E-state index contributed by atoms with van der Waals surface area (Å²) in [4.78, 5) is 28.8. The van der Waals surface area contributed by atoms with Crippen molar-refractivity contribution in [3.05, 3.63) is 82.9 Å². The zero-order valence-corrected chi connectivity index (χ0v) is 26.5. The first-order chi connectivity index (χ1) is 20.5. The van der Waals surface area contributed by atoms with E-state index in [1.54, 1.807) is 55.5 Å². The molecule has 0 spiro atoms. The van der Waals surface area contributed by atoms with Gasteiger partial charge < -0.3 is 19.7 Å². The second kappa shape index (κ2) is 14.1. The summed E-state index contributed by atoms with van der Waals surface area (Å²) in [5, 5.41) is 3.50. The molecule has 43 heavy (non-hydrogen) atoms. The summed E-state index contributed by atoms with van der Waals surface area (Å²) in [6.45, 7) is 3.01. The second-order valence-electron chi connectivity index (χ2n) is 10.6. The Labute approximate surface area is 258 Å². The number of methoxy groups -OCH3 is 2. The van der Waals surface area contributed by atoms with Gasteiger partial charge in [-0.1, -0.05) is 60.3 Å². The van der Waals surface area contributed by atoms with E-state index in [9.17, 15) is 18.0 Å². The maximum Gasteiger partial charge on any atom is 0.264 e. The quantitative estimate of drug-likeness (QED) is 0.291. The number of halogens is 1. The van der Waals surface area contributed by atoms with Crippen molar-refractivity contribution < 1.29 is 27.5 Å². The van der Waals surface area contributed by atoms with Gasteiger partial charge in [0.2, 0.25) is 11.8 Å². The molecule has 4 rings (SSSR count). The van der Waals surface area contributed by atoms with Gasteiger partial charge in [0, 0.05) is 23.7 Å². The van der Waals surface area contributed by atoms with E-state index in [0.717, 1.165) is 35.6 Å². The van der Waals surface area contributed by atoms with Crippen molar-refractivity contribution in [2.45, 2.75) is 63.1 Å². The van der Waals surface area contributed by atoms with Crippen molar-refractivity contribution in [1.29, 1.82) is 0 Å². The van der Waals surface area contributed by atoms with Crippen LogP contribution in [0, 0.1) is 6.92 Å². The summed E-state index contributed by atoms with van der Waals surface area (Å²) in [6, 6.07) is 17.4. The number of ether oxygens (including phenoxy) is 2. The summed E-state index contributed by atoms with van der Waals surface area (Å²) >= 11 is 6.45. The molecule has 0 saturated heterocycles. The molecule has 1 aliphatic rings. The van der Waals surface area contributed by atoms with Crippen LogP contribution in [-0.4, -0.2) is 58.0 Å². The van der Waals surface area contributed by atoms with Crippen LogP contribution >= 0.6 is 11.6 Å². The van der Waals surface area contributed by atoms with Crippen LogP contribution in [0.15, 0.2) is 71.6 Å². The predicted octanol–water partition coefficient (Wildman–Crippen LogP) is 5.34. The van der Waals surface area contributed by atoms with Gasteiger partial charge >= 0.3 is 0 Å². The standard InChI is InChI=1S/C32H38ClN3O6S/c1-22-13-15-26(16-14-22)36(43(39,40)27-17-18-29(41-3)30(19-27)42-4)21-31(37)35(20-24-9-5-8-12-28(24)33)23(2)32(38)34-25-10-6-7-11-25/h5,8-9,12-19,23,25H,6-7,10-11,20-21H2,1-4H3,(H,34,38)/t23-/m1/s1. The number of rotatable bonds is 12.